The lowest BCUT2D eigenvalue weighted by Gasteiger charge is -2.08. The van der Waals surface area contributed by atoms with Crippen LogP contribution in [0.25, 0.3) is 0 Å². The van der Waals surface area contributed by atoms with Gasteiger partial charge in [0.05, 0.1) is 10.1 Å². The van der Waals surface area contributed by atoms with Gasteiger partial charge in [-0.2, -0.15) is 4.37 Å². The van der Waals surface area contributed by atoms with Gasteiger partial charge in [0.15, 0.2) is 28.0 Å². The van der Waals surface area contributed by atoms with Gasteiger partial charge in [0.2, 0.25) is 5.13 Å². The maximum Gasteiger partial charge on any atom is 0.280 e. The molecule has 1 fully saturated rings. The van der Waals surface area contributed by atoms with Crippen LogP contribution in [0.4, 0.5) is 5.13 Å². The van der Waals surface area contributed by atoms with Crippen LogP contribution in [0.15, 0.2) is 52.8 Å². The Morgan fingerprint density at radius 1 is 1.23 bits per heavy atom. The molecule has 0 spiro atoms. The normalized spacial score (nSPS) is 14.3. The van der Waals surface area contributed by atoms with Crippen LogP contribution >= 0.6 is 11.5 Å². The van der Waals surface area contributed by atoms with E-state index in [4.69, 9.17) is 4.84 Å². The van der Waals surface area contributed by atoms with Gasteiger partial charge in [-0.1, -0.05) is 17.3 Å². The Labute approximate surface area is 182 Å². The maximum atomic E-state index is 12.8. The second kappa shape index (κ2) is 8.86. The van der Waals surface area contributed by atoms with Gasteiger partial charge in [0, 0.05) is 29.5 Å². The summed E-state index contributed by atoms with van der Waals surface area (Å²) in [5, 5.41) is 6.59. The van der Waals surface area contributed by atoms with Gasteiger partial charge in [-0.3, -0.25) is 10.1 Å². The molecule has 1 aromatic carbocycles. The van der Waals surface area contributed by atoms with E-state index in [2.05, 4.69) is 29.8 Å². The highest BCUT2D eigenvalue weighted by molar-refractivity contribution is 7.92. The molecule has 31 heavy (non-hydrogen) atoms. The molecule has 1 amide bonds. The largest absolute Gasteiger partial charge is 0.387 e. The minimum atomic E-state index is -3.33. The van der Waals surface area contributed by atoms with E-state index < -0.39 is 15.7 Å². The molecule has 1 N–H and O–H groups in total. The van der Waals surface area contributed by atoms with Gasteiger partial charge < -0.3 is 4.84 Å². The molecule has 1 aliphatic rings. The maximum absolute atomic E-state index is 12.8. The number of oxime groups is 1. The molecule has 2 aromatic heterocycles. The van der Waals surface area contributed by atoms with Crippen molar-refractivity contribution in [2.45, 2.75) is 36.5 Å². The molecule has 3 aromatic rings. The zero-order valence-electron chi connectivity index (χ0n) is 16.4. The first-order valence-electron chi connectivity index (χ1n) is 9.35. The average molecular weight is 459 g/mol. The number of amides is 1. The van der Waals surface area contributed by atoms with E-state index >= 15 is 0 Å². The summed E-state index contributed by atoms with van der Waals surface area (Å²) in [6, 6.07) is 7.68. The van der Waals surface area contributed by atoms with Gasteiger partial charge in [0.1, 0.15) is 5.82 Å². The highest BCUT2D eigenvalue weighted by Crippen LogP contribution is 2.33. The molecule has 1 aliphatic carbocycles. The summed E-state index contributed by atoms with van der Waals surface area (Å²) >= 11 is 1.04. The van der Waals surface area contributed by atoms with Crippen LogP contribution in [-0.2, 0) is 26.1 Å². The molecule has 12 heteroatoms. The number of carbonyl (C=O) groups excluding carboxylic acids is 1. The van der Waals surface area contributed by atoms with Crippen LogP contribution < -0.4 is 5.32 Å². The van der Waals surface area contributed by atoms with Crippen molar-refractivity contribution in [3.8, 4) is 0 Å². The summed E-state index contributed by atoms with van der Waals surface area (Å²) in [5.74, 6) is 0.366. The molecular weight excluding hydrogens is 440 g/mol. The monoisotopic (exact) mass is 458 g/mol. The Morgan fingerprint density at radius 2 is 1.94 bits per heavy atom. The fourth-order valence-corrected chi connectivity index (χ4v) is 4.89. The predicted octanol–water partition coefficient (Wildman–Crippen LogP) is 2.13. The number of hydrogen-bond donors (Lipinski definition) is 1. The third kappa shape index (κ3) is 5.09. The first kappa shape index (κ1) is 21.0. The molecule has 1 saturated carbocycles. The van der Waals surface area contributed by atoms with Gasteiger partial charge in [-0.05, 0) is 38.0 Å². The number of carbonyl (C=O) groups is 1. The zero-order valence-corrected chi connectivity index (χ0v) is 18.1. The third-order valence-corrected chi connectivity index (χ3v) is 7.35. The topological polar surface area (TPSA) is 136 Å². The Bertz CT molecular complexity index is 1210. The lowest BCUT2D eigenvalue weighted by atomic mass is 10.1. The smallest absolute Gasteiger partial charge is 0.280 e. The highest BCUT2D eigenvalue weighted by Gasteiger charge is 2.36. The van der Waals surface area contributed by atoms with E-state index in [0.717, 1.165) is 11.5 Å². The number of anilines is 1. The van der Waals surface area contributed by atoms with Crippen molar-refractivity contribution < 1.29 is 18.0 Å². The summed E-state index contributed by atoms with van der Waals surface area (Å²) in [5.41, 5.74) is 0.349. The molecule has 160 valence electrons. The molecule has 0 radical (unpaired) electrons. The van der Waals surface area contributed by atoms with Crippen molar-refractivity contribution in [3.05, 3.63) is 59.9 Å². The van der Waals surface area contributed by atoms with E-state index in [9.17, 15) is 13.2 Å². The van der Waals surface area contributed by atoms with Crippen LogP contribution in [0.3, 0.4) is 0 Å². The Hall–Kier alpha value is -3.25. The van der Waals surface area contributed by atoms with E-state index in [1.54, 1.807) is 25.4 Å². The van der Waals surface area contributed by atoms with Crippen molar-refractivity contribution in [1.29, 1.82) is 0 Å². The van der Waals surface area contributed by atoms with Gasteiger partial charge in [0.25, 0.3) is 5.91 Å². The summed E-state index contributed by atoms with van der Waals surface area (Å²) in [7, 11) is -3.33. The average Bonchev–Trinajstić information content (AvgIpc) is 3.56. The van der Waals surface area contributed by atoms with Crippen molar-refractivity contribution >= 4 is 38.1 Å². The number of nitrogens with zero attached hydrogens (tertiary/aromatic N) is 5. The minimum absolute atomic E-state index is 0.0380. The lowest BCUT2D eigenvalue weighted by molar-refractivity contribution is -0.110. The van der Waals surface area contributed by atoms with Crippen molar-refractivity contribution in [2.24, 2.45) is 5.16 Å². The van der Waals surface area contributed by atoms with Crippen molar-refractivity contribution in [1.82, 2.24) is 19.3 Å². The Balaban J connectivity index is 1.57. The highest BCUT2D eigenvalue weighted by atomic mass is 32.2. The van der Waals surface area contributed by atoms with Crippen LogP contribution in [0.5, 0.6) is 0 Å². The van der Waals surface area contributed by atoms with Crippen LogP contribution in [0.2, 0.25) is 0 Å². The number of sulfone groups is 1. The van der Waals surface area contributed by atoms with E-state index in [1.165, 1.54) is 24.3 Å². The number of hydrogen-bond acceptors (Lipinski definition) is 10. The van der Waals surface area contributed by atoms with Crippen molar-refractivity contribution in [2.75, 3.05) is 5.32 Å². The molecule has 4 rings (SSSR count). The Morgan fingerprint density at radius 3 is 2.55 bits per heavy atom. The molecule has 0 aliphatic heterocycles. The third-order valence-electron chi connectivity index (χ3n) is 4.35. The quantitative estimate of drug-likeness (QED) is 0.400. The number of benzene rings is 1. The lowest BCUT2D eigenvalue weighted by Crippen LogP contribution is -2.24. The molecule has 0 bridgehead atoms. The Kier molecular flexibility index (Phi) is 6.00. The zero-order chi connectivity index (χ0) is 21.8. The molecule has 0 atom stereocenters. The van der Waals surface area contributed by atoms with E-state index in [1.807, 2.05) is 0 Å². The molecule has 10 nitrogen and oxygen atoms in total. The number of aromatic nitrogens is 4. The molecule has 2 heterocycles. The predicted molar refractivity (Wildman–Crippen MR) is 113 cm³/mol. The number of rotatable bonds is 8. The van der Waals surface area contributed by atoms with E-state index in [0.29, 0.717) is 35.2 Å². The fourth-order valence-electron chi connectivity index (χ4n) is 2.66. The minimum Gasteiger partial charge on any atom is -0.387 e. The number of aryl methyl sites for hydroxylation is 1. The van der Waals surface area contributed by atoms with E-state index in [-0.39, 0.29) is 22.5 Å². The SMILES string of the molecule is Cc1nsc(NC(=O)C(=NOCc2ncccn2)c2ccc(S(=O)(=O)C3CC3)cc2)n1. The standard InChI is InChI=1S/C19H18N6O4S2/c1-12-22-19(30-25-12)23-18(26)17(24-29-11-16-20-9-2-10-21-16)13-3-5-14(6-4-13)31(27,28)15-7-8-15/h2-6,9-10,15H,7-8,11H2,1H3,(H,22,23,25,26). The summed E-state index contributed by atoms with van der Waals surface area (Å²) in [4.78, 5) is 30.5. The van der Waals surface area contributed by atoms with Gasteiger partial charge >= 0.3 is 0 Å². The van der Waals surface area contributed by atoms with Crippen LogP contribution in [0, 0.1) is 6.92 Å². The van der Waals surface area contributed by atoms with Gasteiger partial charge in [-0.15, -0.1) is 0 Å². The second-order valence-corrected chi connectivity index (χ2v) is 9.73. The van der Waals surface area contributed by atoms with Crippen LogP contribution in [-0.4, -0.2) is 44.6 Å². The summed E-state index contributed by atoms with van der Waals surface area (Å²) in [6.45, 7) is 1.67. The first-order chi connectivity index (χ1) is 14.9. The first-order valence-corrected chi connectivity index (χ1v) is 11.7. The van der Waals surface area contributed by atoms with Crippen LogP contribution in [0.1, 0.15) is 30.1 Å². The second-order valence-electron chi connectivity index (χ2n) is 6.75. The fraction of sp³-hybridized carbons (Fsp3) is 0.263. The van der Waals surface area contributed by atoms with Crippen molar-refractivity contribution in [3.63, 3.8) is 0 Å². The molecule has 0 saturated heterocycles. The molecule has 0 unspecified atom stereocenters. The van der Waals surface area contributed by atoms with Gasteiger partial charge in [-0.25, -0.2) is 23.4 Å². The summed E-state index contributed by atoms with van der Waals surface area (Å²) < 4.78 is 28.9. The molecular formula is C19H18N6O4S2. The summed E-state index contributed by atoms with van der Waals surface area (Å²) in [6.07, 6.45) is 4.49. The number of nitrogens with one attached hydrogen (secondary N) is 1.